The van der Waals surface area contributed by atoms with Crippen LogP contribution in [0.15, 0.2) is 24.4 Å². The van der Waals surface area contributed by atoms with Gasteiger partial charge in [0.25, 0.3) is 0 Å². The Labute approximate surface area is 121 Å². The summed E-state index contributed by atoms with van der Waals surface area (Å²) >= 11 is 0. The van der Waals surface area contributed by atoms with Crippen LogP contribution in [-0.4, -0.2) is 28.8 Å². The van der Waals surface area contributed by atoms with E-state index in [1.165, 1.54) is 25.3 Å². The molecule has 22 heavy (non-hydrogen) atoms. The first-order valence-electron chi connectivity index (χ1n) is 6.04. The number of rotatable bonds is 1. The number of ether oxygens (including phenoxy) is 1. The van der Waals surface area contributed by atoms with E-state index in [1.54, 1.807) is 0 Å². The molecule has 0 saturated heterocycles. The molecule has 3 rings (SSSR count). The lowest BCUT2D eigenvalue weighted by molar-refractivity contribution is -0.145. The second kappa shape index (κ2) is 4.62. The van der Waals surface area contributed by atoms with E-state index in [9.17, 15) is 22.8 Å². The van der Waals surface area contributed by atoms with Crippen molar-refractivity contribution >= 4 is 11.8 Å². The average molecular weight is 308 g/mol. The van der Waals surface area contributed by atoms with Crippen molar-refractivity contribution in [2.24, 2.45) is 0 Å². The number of hydrogen-bond donors (Lipinski definition) is 0. The van der Waals surface area contributed by atoms with Gasteiger partial charge in [-0.25, -0.2) is 14.8 Å². The van der Waals surface area contributed by atoms with E-state index < -0.39 is 23.8 Å². The van der Waals surface area contributed by atoms with E-state index in [0.717, 1.165) is 6.20 Å². The lowest BCUT2D eigenvalue weighted by Gasteiger charge is -2.05. The Morgan fingerprint density at radius 1 is 1.18 bits per heavy atom. The van der Waals surface area contributed by atoms with E-state index in [0.29, 0.717) is 5.56 Å². The number of carbonyl (C=O) groups excluding carboxylic acids is 2. The van der Waals surface area contributed by atoms with Crippen LogP contribution in [0.25, 0.3) is 11.1 Å². The number of esters is 1. The predicted octanol–water partition coefficient (Wildman–Crippen LogP) is 2.49. The minimum atomic E-state index is -4.73. The molecule has 0 fully saturated rings. The molecule has 0 N–H and O–H groups in total. The summed E-state index contributed by atoms with van der Waals surface area (Å²) in [6, 6.07) is 4.16. The molecular formula is C14H7F3N2O3. The Balaban J connectivity index is 2.13. The van der Waals surface area contributed by atoms with Gasteiger partial charge in [-0.15, -0.1) is 0 Å². The standard InChI is InChI=1S/C14H7F3N2O3/c1-22-12(21)6-2-3-7-8(4-6)11(20)10-9(7)5-18-13(19-10)14(15,16)17/h2-5H,1H3. The second-order valence-corrected chi connectivity index (χ2v) is 4.53. The molecule has 1 aliphatic carbocycles. The van der Waals surface area contributed by atoms with Gasteiger partial charge in [0.05, 0.1) is 12.7 Å². The van der Waals surface area contributed by atoms with Crippen molar-refractivity contribution in [1.29, 1.82) is 0 Å². The molecule has 1 aromatic carbocycles. The van der Waals surface area contributed by atoms with Crippen molar-refractivity contribution in [2.45, 2.75) is 6.18 Å². The quantitative estimate of drug-likeness (QED) is 0.646. The van der Waals surface area contributed by atoms with Gasteiger partial charge in [-0.2, -0.15) is 13.2 Å². The number of carbonyl (C=O) groups is 2. The zero-order valence-electron chi connectivity index (χ0n) is 11.1. The van der Waals surface area contributed by atoms with Gasteiger partial charge in [0.1, 0.15) is 5.69 Å². The van der Waals surface area contributed by atoms with Gasteiger partial charge in [-0.05, 0) is 17.7 Å². The minimum Gasteiger partial charge on any atom is -0.465 e. The van der Waals surface area contributed by atoms with Gasteiger partial charge >= 0.3 is 12.1 Å². The zero-order chi connectivity index (χ0) is 16.1. The molecule has 2 aromatic rings. The van der Waals surface area contributed by atoms with Gasteiger partial charge in [0, 0.05) is 17.3 Å². The summed E-state index contributed by atoms with van der Waals surface area (Å²) in [4.78, 5) is 30.3. The third-order valence-corrected chi connectivity index (χ3v) is 3.23. The van der Waals surface area contributed by atoms with E-state index in [4.69, 9.17) is 0 Å². The first-order chi connectivity index (χ1) is 10.3. The van der Waals surface area contributed by atoms with Crippen LogP contribution in [0.3, 0.4) is 0 Å². The van der Waals surface area contributed by atoms with Gasteiger partial charge in [0.15, 0.2) is 0 Å². The van der Waals surface area contributed by atoms with Gasteiger partial charge in [-0.1, -0.05) is 6.07 Å². The van der Waals surface area contributed by atoms with Crippen LogP contribution in [-0.2, 0) is 10.9 Å². The summed E-state index contributed by atoms with van der Waals surface area (Å²) in [5.74, 6) is -2.70. The number of nitrogens with zero attached hydrogens (tertiary/aromatic N) is 2. The fourth-order valence-corrected chi connectivity index (χ4v) is 2.23. The molecular weight excluding hydrogens is 301 g/mol. The first-order valence-corrected chi connectivity index (χ1v) is 6.04. The van der Waals surface area contributed by atoms with Crippen molar-refractivity contribution in [1.82, 2.24) is 9.97 Å². The smallest absolute Gasteiger partial charge is 0.451 e. The van der Waals surface area contributed by atoms with Crippen molar-refractivity contribution in [3.63, 3.8) is 0 Å². The third-order valence-electron chi connectivity index (χ3n) is 3.23. The van der Waals surface area contributed by atoms with Crippen LogP contribution < -0.4 is 0 Å². The van der Waals surface area contributed by atoms with Crippen LogP contribution in [0.5, 0.6) is 0 Å². The number of methoxy groups -OCH3 is 1. The summed E-state index contributed by atoms with van der Waals surface area (Å²) in [7, 11) is 1.19. The Morgan fingerprint density at radius 3 is 2.55 bits per heavy atom. The Morgan fingerprint density at radius 2 is 1.91 bits per heavy atom. The molecule has 1 heterocycles. The molecule has 1 aliphatic rings. The first kappa shape index (κ1) is 14.2. The number of ketones is 1. The fraction of sp³-hybridized carbons (Fsp3) is 0.143. The highest BCUT2D eigenvalue weighted by Gasteiger charge is 2.38. The topological polar surface area (TPSA) is 69.2 Å². The Hall–Kier alpha value is -2.77. The molecule has 0 spiro atoms. The fourth-order valence-electron chi connectivity index (χ4n) is 2.23. The molecule has 0 atom stereocenters. The Kier molecular flexibility index (Phi) is 2.98. The largest absolute Gasteiger partial charge is 0.465 e. The number of fused-ring (bicyclic) bond motifs is 3. The molecule has 0 unspecified atom stereocenters. The average Bonchev–Trinajstić information content (AvgIpc) is 2.78. The highest BCUT2D eigenvalue weighted by atomic mass is 19.4. The van der Waals surface area contributed by atoms with Crippen molar-refractivity contribution in [3.8, 4) is 11.1 Å². The van der Waals surface area contributed by atoms with Gasteiger partial charge in [0.2, 0.25) is 11.6 Å². The van der Waals surface area contributed by atoms with Crippen LogP contribution in [0.1, 0.15) is 32.2 Å². The van der Waals surface area contributed by atoms with Crippen LogP contribution >= 0.6 is 0 Å². The molecule has 0 bridgehead atoms. The van der Waals surface area contributed by atoms with E-state index >= 15 is 0 Å². The van der Waals surface area contributed by atoms with Crippen LogP contribution in [0.4, 0.5) is 13.2 Å². The summed E-state index contributed by atoms with van der Waals surface area (Å²) < 4.78 is 42.4. The maximum absolute atomic E-state index is 12.6. The molecule has 0 amide bonds. The van der Waals surface area contributed by atoms with Crippen LogP contribution in [0.2, 0.25) is 0 Å². The molecule has 0 saturated carbocycles. The van der Waals surface area contributed by atoms with Gasteiger partial charge < -0.3 is 4.74 Å². The maximum Gasteiger partial charge on any atom is 0.451 e. The molecule has 112 valence electrons. The molecule has 0 aliphatic heterocycles. The summed E-state index contributed by atoms with van der Waals surface area (Å²) in [5.41, 5.74) is 0.517. The lowest BCUT2D eigenvalue weighted by atomic mass is 10.0. The van der Waals surface area contributed by atoms with Crippen molar-refractivity contribution in [3.05, 3.63) is 47.0 Å². The molecule has 5 nitrogen and oxygen atoms in total. The molecule has 0 radical (unpaired) electrons. The number of benzene rings is 1. The van der Waals surface area contributed by atoms with Crippen molar-refractivity contribution < 1.29 is 27.5 Å². The van der Waals surface area contributed by atoms with E-state index in [2.05, 4.69) is 14.7 Å². The highest BCUT2D eigenvalue weighted by Crippen LogP contribution is 2.37. The van der Waals surface area contributed by atoms with Gasteiger partial charge in [-0.3, -0.25) is 4.79 Å². The Bertz CT molecular complexity index is 815. The minimum absolute atomic E-state index is 0.103. The summed E-state index contributed by atoms with van der Waals surface area (Å²) in [6.45, 7) is 0. The van der Waals surface area contributed by atoms with Crippen molar-refractivity contribution in [2.75, 3.05) is 7.11 Å². The molecule has 8 heteroatoms. The number of aromatic nitrogens is 2. The molecule has 1 aromatic heterocycles. The monoisotopic (exact) mass is 308 g/mol. The van der Waals surface area contributed by atoms with Crippen LogP contribution in [0, 0.1) is 0 Å². The number of hydrogen-bond acceptors (Lipinski definition) is 5. The maximum atomic E-state index is 12.6. The third kappa shape index (κ3) is 2.03. The SMILES string of the molecule is COC(=O)c1ccc2c(c1)C(=O)c1nc(C(F)(F)F)ncc1-2. The zero-order valence-corrected chi connectivity index (χ0v) is 11.1. The lowest BCUT2D eigenvalue weighted by Crippen LogP contribution is -2.13. The van der Waals surface area contributed by atoms with E-state index in [-0.39, 0.29) is 22.4 Å². The summed E-state index contributed by atoms with van der Waals surface area (Å²) in [6.07, 6.45) is -3.77. The normalized spacial score (nSPS) is 12.8. The predicted molar refractivity (Wildman–Crippen MR) is 67.2 cm³/mol. The highest BCUT2D eigenvalue weighted by molar-refractivity contribution is 6.21. The summed E-state index contributed by atoms with van der Waals surface area (Å²) in [5, 5.41) is 0. The second-order valence-electron chi connectivity index (χ2n) is 4.53. The number of halogens is 3. The van der Waals surface area contributed by atoms with E-state index in [1.807, 2.05) is 0 Å². The number of alkyl halides is 3.